The number of terminal acetylenes is 1. The van der Waals surface area contributed by atoms with E-state index in [1.807, 2.05) is 25.1 Å². The molecule has 2 aromatic carbocycles. The molecule has 0 bridgehead atoms. The molecule has 30 heavy (non-hydrogen) atoms. The Bertz CT molecular complexity index is 1130. The summed E-state index contributed by atoms with van der Waals surface area (Å²) in [4.78, 5) is 0. The number of nitrogens with two attached hydrogens (primary N) is 1. The van der Waals surface area contributed by atoms with Crippen LogP contribution in [-0.2, 0) is 0 Å². The zero-order valence-electron chi connectivity index (χ0n) is 16.0. The first kappa shape index (κ1) is 19.8. The van der Waals surface area contributed by atoms with Crippen LogP contribution >= 0.6 is 15.9 Å². The van der Waals surface area contributed by atoms with Gasteiger partial charge in [-0.2, -0.15) is 5.26 Å². The molecule has 2 aromatic rings. The zero-order chi connectivity index (χ0) is 21.3. The van der Waals surface area contributed by atoms with Crippen molar-refractivity contribution in [1.29, 1.82) is 5.26 Å². The molecule has 2 N–H and O–H groups in total. The molecule has 4 rings (SSSR count). The molecule has 2 aliphatic heterocycles. The van der Waals surface area contributed by atoms with Gasteiger partial charge in [-0.1, -0.05) is 5.92 Å². The highest BCUT2D eigenvalue weighted by atomic mass is 79.9. The van der Waals surface area contributed by atoms with Crippen molar-refractivity contribution in [1.82, 2.24) is 0 Å². The molecule has 0 amide bonds. The summed E-state index contributed by atoms with van der Waals surface area (Å²) in [6, 6.07) is 9.36. The molecule has 2 aliphatic rings. The molecule has 0 spiro atoms. The third kappa shape index (κ3) is 3.36. The Kier molecular flexibility index (Phi) is 5.35. The molecule has 0 aliphatic carbocycles. The summed E-state index contributed by atoms with van der Waals surface area (Å²) in [6.07, 6.45) is 5.32. The van der Waals surface area contributed by atoms with Crippen molar-refractivity contribution in [3.63, 3.8) is 0 Å². The van der Waals surface area contributed by atoms with E-state index in [2.05, 4.69) is 27.9 Å². The Balaban J connectivity index is 1.89. The van der Waals surface area contributed by atoms with E-state index in [1.54, 1.807) is 6.07 Å². The highest BCUT2D eigenvalue weighted by Gasteiger charge is 2.34. The first-order valence-electron chi connectivity index (χ1n) is 9.11. The predicted octanol–water partition coefficient (Wildman–Crippen LogP) is 3.81. The lowest BCUT2D eigenvalue weighted by Gasteiger charge is -2.27. The predicted molar refractivity (Wildman–Crippen MR) is 112 cm³/mol. The number of hydrogen-bond donors (Lipinski definition) is 1. The van der Waals surface area contributed by atoms with Gasteiger partial charge >= 0.3 is 0 Å². The van der Waals surface area contributed by atoms with Gasteiger partial charge in [0.15, 0.2) is 23.0 Å². The number of nitrogens with zero attached hydrogens (tertiary/aromatic N) is 1. The van der Waals surface area contributed by atoms with Crippen LogP contribution in [0, 0.1) is 23.7 Å². The van der Waals surface area contributed by atoms with Crippen molar-refractivity contribution < 1.29 is 23.7 Å². The molecule has 0 fully saturated rings. The van der Waals surface area contributed by atoms with Gasteiger partial charge in [-0.15, -0.1) is 6.42 Å². The van der Waals surface area contributed by atoms with Gasteiger partial charge < -0.3 is 29.4 Å². The second-order valence-corrected chi connectivity index (χ2v) is 7.28. The van der Waals surface area contributed by atoms with Crippen LogP contribution in [0.1, 0.15) is 24.0 Å². The number of allylic oxidation sites excluding steroid dienone is 1. The van der Waals surface area contributed by atoms with Crippen LogP contribution in [0.3, 0.4) is 0 Å². The van der Waals surface area contributed by atoms with Gasteiger partial charge in [0, 0.05) is 11.6 Å². The van der Waals surface area contributed by atoms with Crippen molar-refractivity contribution >= 4 is 15.9 Å². The standard InChI is InChI=1S/C22H17BrN2O5/c1-3-5-27-21-15(23)6-12(7-19(21)26-4-2)20-13-8-17-18(29-11-28-17)9-16(13)30-22(25)14(20)10-24/h1,6-9,20H,4-5,11,25H2,2H3/t20-/m1/s1. The minimum Gasteiger partial charge on any atom is -0.490 e. The van der Waals surface area contributed by atoms with E-state index >= 15 is 0 Å². The number of rotatable bonds is 5. The van der Waals surface area contributed by atoms with Crippen LogP contribution in [0.4, 0.5) is 0 Å². The van der Waals surface area contributed by atoms with E-state index in [9.17, 15) is 5.26 Å². The third-order valence-corrected chi connectivity index (χ3v) is 5.26. The van der Waals surface area contributed by atoms with Gasteiger partial charge in [0.2, 0.25) is 12.7 Å². The third-order valence-electron chi connectivity index (χ3n) is 4.68. The second kappa shape index (κ2) is 8.10. The number of halogens is 1. The first-order chi connectivity index (χ1) is 14.6. The lowest BCUT2D eigenvalue weighted by molar-refractivity contribution is 0.174. The summed E-state index contributed by atoms with van der Waals surface area (Å²) in [5.74, 6) is 4.63. The van der Waals surface area contributed by atoms with Crippen LogP contribution in [0.5, 0.6) is 28.7 Å². The lowest BCUT2D eigenvalue weighted by Crippen LogP contribution is -2.21. The fourth-order valence-corrected chi connectivity index (χ4v) is 4.04. The van der Waals surface area contributed by atoms with Crippen molar-refractivity contribution in [2.24, 2.45) is 5.73 Å². The quantitative estimate of drug-likeness (QED) is 0.666. The van der Waals surface area contributed by atoms with Gasteiger partial charge in [0.05, 0.1) is 17.0 Å². The minimum atomic E-state index is -0.495. The number of fused-ring (bicyclic) bond motifs is 2. The minimum absolute atomic E-state index is 0.0376. The fourth-order valence-electron chi connectivity index (χ4n) is 3.46. The molecule has 8 heteroatoms. The normalized spacial score (nSPS) is 16.2. The molecule has 1 atom stereocenters. The summed E-state index contributed by atoms with van der Waals surface area (Å²) in [6.45, 7) is 2.51. The maximum atomic E-state index is 9.81. The van der Waals surface area contributed by atoms with Crippen molar-refractivity contribution in [2.75, 3.05) is 20.0 Å². The van der Waals surface area contributed by atoms with Crippen LogP contribution in [0.2, 0.25) is 0 Å². The monoisotopic (exact) mass is 468 g/mol. The van der Waals surface area contributed by atoms with Gasteiger partial charge in [-0.05, 0) is 46.6 Å². The van der Waals surface area contributed by atoms with E-state index in [1.165, 1.54) is 0 Å². The summed E-state index contributed by atoms with van der Waals surface area (Å²) < 4.78 is 28.7. The number of ether oxygens (including phenoxy) is 5. The maximum absolute atomic E-state index is 9.81. The smallest absolute Gasteiger partial charge is 0.231 e. The highest BCUT2D eigenvalue weighted by molar-refractivity contribution is 9.10. The van der Waals surface area contributed by atoms with E-state index in [-0.39, 0.29) is 24.9 Å². The Morgan fingerprint density at radius 1 is 1.20 bits per heavy atom. The van der Waals surface area contributed by atoms with Crippen LogP contribution in [0.15, 0.2) is 40.2 Å². The molecule has 0 aromatic heterocycles. The molecule has 7 nitrogen and oxygen atoms in total. The van der Waals surface area contributed by atoms with Gasteiger partial charge in [0.1, 0.15) is 24.0 Å². The van der Waals surface area contributed by atoms with Crippen LogP contribution in [-0.4, -0.2) is 20.0 Å². The average molecular weight is 469 g/mol. The number of benzene rings is 2. The molecular weight excluding hydrogens is 452 g/mol. The van der Waals surface area contributed by atoms with Crippen molar-refractivity contribution in [3.8, 4) is 47.2 Å². The number of hydrogen-bond acceptors (Lipinski definition) is 7. The van der Waals surface area contributed by atoms with Crippen molar-refractivity contribution in [2.45, 2.75) is 12.8 Å². The highest BCUT2D eigenvalue weighted by Crippen LogP contribution is 2.49. The number of nitriles is 1. The topological polar surface area (TPSA) is 96.0 Å². The van der Waals surface area contributed by atoms with Gasteiger partial charge in [-0.25, -0.2) is 0 Å². The maximum Gasteiger partial charge on any atom is 0.231 e. The molecule has 0 radical (unpaired) electrons. The van der Waals surface area contributed by atoms with E-state index in [0.717, 1.165) is 11.1 Å². The van der Waals surface area contributed by atoms with Crippen LogP contribution < -0.4 is 29.4 Å². The largest absolute Gasteiger partial charge is 0.490 e. The summed E-state index contributed by atoms with van der Waals surface area (Å²) in [5.41, 5.74) is 7.86. The molecular formula is C22H17BrN2O5. The summed E-state index contributed by atoms with van der Waals surface area (Å²) in [7, 11) is 0. The Hall–Kier alpha value is -3.49. The first-order valence-corrected chi connectivity index (χ1v) is 9.90. The zero-order valence-corrected chi connectivity index (χ0v) is 17.6. The van der Waals surface area contributed by atoms with Gasteiger partial charge in [0.25, 0.3) is 0 Å². The summed E-state index contributed by atoms with van der Waals surface area (Å²) >= 11 is 3.53. The van der Waals surface area contributed by atoms with E-state index < -0.39 is 5.92 Å². The molecule has 0 unspecified atom stereocenters. The van der Waals surface area contributed by atoms with E-state index in [0.29, 0.717) is 39.8 Å². The fraction of sp³-hybridized carbons (Fsp3) is 0.227. The Labute approximate surface area is 182 Å². The van der Waals surface area contributed by atoms with Crippen molar-refractivity contribution in [3.05, 3.63) is 51.3 Å². The SMILES string of the molecule is C#CCOc1c(Br)cc([C@H]2C(C#N)=C(N)Oc3cc4c(cc32)OCO4)cc1OCC. The Morgan fingerprint density at radius 3 is 2.67 bits per heavy atom. The second-order valence-electron chi connectivity index (χ2n) is 6.42. The van der Waals surface area contributed by atoms with Crippen LogP contribution in [0.25, 0.3) is 0 Å². The average Bonchev–Trinajstić information content (AvgIpc) is 3.18. The summed E-state index contributed by atoms with van der Waals surface area (Å²) in [5, 5.41) is 9.81. The molecule has 0 saturated heterocycles. The van der Waals surface area contributed by atoms with E-state index in [4.69, 9.17) is 35.8 Å². The molecule has 0 saturated carbocycles. The lowest BCUT2D eigenvalue weighted by atomic mass is 9.83. The van der Waals surface area contributed by atoms with Gasteiger partial charge in [-0.3, -0.25) is 0 Å². The molecule has 2 heterocycles. The molecule has 152 valence electrons. The Morgan fingerprint density at radius 2 is 1.97 bits per heavy atom.